The minimum absolute atomic E-state index is 0.0460. The summed E-state index contributed by atoms with van der Waals surface area (Å²) in [5, 5.41) is 3.43. The molecule has 5 nitrogen and oxygen atoms in total. The molecule has 0 aliphatic heterocycles. The first kappa shape index (κ1) is 15.8. The molecule has 0 heterocycles. The number of rotatable bonds is 5. The smallest absolute Gasteiger partial charge is 0.238 e. The van der Waals surface area contributed by atoms with E-state index in [0.29, 0.717) is 15.7 Å². The molecule has 2 amide bonds. The largest absolute Gasteiger partial charge is 0.368 e. The van der Waals surface area contributed by atoms with Gasteiger partial charge in [0.2, 0.25) is 11.8 Å². The number of benzene rings is 1. The Kier molecular flexibility index (Phi) is 5.60. The lowest BCUT2D eigenvalue weighted by Crippen LogP contribution is -2.43. The highest BCUT2D eigenvalue weighted by molar-refractivity contribution is 6.42. The third-order valence-electron chi connectivity index (χ3n) is 2.67. The van der Waals surface area contributed by atoms with Crippen LogP contribution in [0.4, 0.5) is 5.69 Å². The van der Waals surface area contributed by atoms with E-state index in [2.05, 4.69) is 5.32 Å². The zero-order chi connectivity index (χ0) is 14.6. The van der Waals surface area contributed by atoms with Crippen molar-refractivity contribution in [3.05, 3.63) is 28.2 Å². The van der Waals surface area contributed by atoms with Crippen molar-refractivity contribution in [3.63, 3.8) is 0 Å². The molecular formula is C12H15Cl2N3O2. The summed E-state index contributed by atoms with van der Waals surface area (Å²) in [5.74, 6) is -0.751. The van der Waals surface area contributed by atoms with Gasteiger partial charge in [-0.05, 0) is 32.2 Å². The highest BCUT2D eigenvalue weighted by Gasteiger charge is 2.17. The number of nitrogens with one attached hydrogen (secondary N) is 1. The average Bonchev–Trinajstić information content (AvgIpc) is 2.32. The molecule has 0 fully saturated rings. The number of amides is 2. The van der Waals surface area contributed by atoms with Gasteiger partial charge in [-0.25, -0.2) is 0 Å². The number of primary amides is 1. The van der Waals surface area contributed by atoms with Crippen molar-refractivity contribution in [2.45, 2.75) is 13.0 Å². The zero-order valence-electron chi connectivity index (χ0n) is 10.6. The van der Waals surface area contributed by atoms with E-state index in [9.17, 15) is 9.59 Å². The number of carbonyl (C=O) groups excluding carboxylic acids is 2. The lowest BCUT2D eigenvalue weighted by molar-refractivity contribution is -0.123. The van der Waals surface area contributed by atoms with Gasteiger partial charge >= 0.3 is 0 Å². The molecule has 1 rings (SSSR count). The number of nitrogens with two attached hydrogens (primary N) is 1. The van der Waals surface area contributed by atoms with Crippen LogP contribution in [-0.4, -0.2) is 36.3 Å². The highest BCUT2D eigenvalue weighted by Crippen LogP contribution is 2.24. The van der Waals surface area contributed by atoms with Crippen LogP contribution in [0, 0.1) is 0 Å². The summed E-state index contributed by atoms with van der Waals surface area (Å²) in [7, 11) is 1.64. The van der Waals surface area contributed by atoms with Gasteiger partial charge in [0.25, 0.3) is 0 Å². The quantitative estimate of drug-likeness (QED) is 0.870. The Bertz CT molecular complexity index is 494. The molecule has 1 unspecified atom stereocenters. The lowest BCUT2D eigenvalue weighted by atomic mass is 10.2. The van der Waals surface area contributed by atoms with Gasteiger partial charge in [0.05, 0.1) is 22.6 Å². The number of likely N-dealkylation sites (N-methyl/N-ethyl adjacent to an activating group) is 1. The van der Waals surface area contributed by atoms with E-state index in [-0.39, 0.29) is 12.5 Å². The second-order valence-electron chi connectivity index (χ2n) is 4.17. The van der Waals surface area contributed by atoms with E-state index in [1.807, 2.05) is 0 Å². The first-order chi connectivity index (χ1) is 8.81. The molecule has 0 saturated heterocycles. The number of nitrogens with zero attached hydrogens (tertiary/aromatic N) is 1. The monoisotopic (exact) mass is 303 g/mol. The molecular weight excluding hydrogens is 289 g/mol. The van der Waals surface area contributed by atoms with Gasteiger partial charge in [-0.3, -0.25) is 14.5 Å². The topological polar surface area (TPSA) is 75.4 Å². The Hall–Kier alpha value is -1.30. The SMILES string of the molecule is CC(C(N)=O)N(C)CC(=O)Nc1ccc(Cl)c(Cl)c1. The van der Waals surface area contributed by atoms with Crippen LogP contribution in [0.15, 0.2) is 18.2 Å². The van der Waals surface area contributed by atoms with Gasteiger partial charge < -0.3 is 11.1 Å². The van der Waals surface area contributed by atoms with E-state index in [4.69, 9.17) is 28.9 Å². The summed E-state index contributed by atoms with van der Waals surface area (Å²) in [4.78, 5) is 24.3. The number of carbonyl (C=O) groups is 2. The molecule has 7 heteroatoms. The molecule has 0 aliphatic carbocycles. The first-order valence-electron chi connectivity index (χ1n) is 5.55. The van der Waals surface area contributed by atoms with Crippen molar-refractivity contribution in [2.75, 3.05) is 18.9 Å². The Morgan fingerprint density at radius 3 is 2.53 bits per heavy atom. The third-order valence-corrected chi connectivity index (χ3v) is 3.41. The molecule has 3 N–H and O–H groups in total. The second kappa shape index (κ2) is 6.75. The fraction of sp³-hybridized carbons (Fsp3) is 0.333. The summed E-state index contributed by atoms with van der Waals surface area (Å²) in [5.41, 5.74) is 5.70. The van der Waals surface area contributed by atoms with E-state index >= 15 is 0 Å². The Morgan fingerprint density at radius 2 is 2.00 bits per heavy atom. The van der Waals surface area contributed by atoms with Gasteiger partial charge in [-0.2, -0.15) is 0 Å². The molecule has 1 aromatic carbocycles. The van der Waals surface area contributed by atoms with Crippen molar-refractivity contribution < 1.29 is 9.59 Å². The molecule has 0 saturated carbocycles. The number of halogens is 2. The second-order valence-corrected chi connectivity index (χ2v) is 4.98. The normalized spacial score (nSPS) is 12.3. The zero-order valence-corrected chi connectivity index (χ0v) is 12.1. The van der Waals surface area contributed by atoms with Crippen LogP contribution in [0.1, 0.15) is 6.92 Å². The van der Waals surface area contributed by atoms with Crippen LogP contribution in [0.25, 0.3) is 0 Å². The Labute approximate surface area is 121 Å². The van der Waals surface area contributed by atoms with Crippen molar-refractivity contribution in [3.8, 4) is 0 Å². The summed E-state index contributed by atoms with van der Waals surface area (Å²) in [6.45, 7) is 1.68. The fourth-order valence-corrected chi connectivity index (χ4v) is 1.65. The Morgan fingerprint density at radius 1 is 1.37 bits per heavy atom. The van der Waals surface area contributed by atoms with Crippen LogP contribution in [0.5, 0.6) is 0 Å². The van der Waals surface area contributed by atoms with Gasteiger partial charge in [0.1, 0.15) is 0 Å². The molecule has 1 atom stereocenters. The fourth-order valence-electron chi connectivity index (χ4n) is 1.36. The van der Waals surface area contributed by atoms with Gasteiger partial charge in [-0.1, -0.05) is 23.2 Å². The van der Waals surface area contributed by atoms with Crippen LogP contribution in [0.3, 0.4) is 0 Å². The lowest BCUT2D eigenvalue weighted by Gasteiger charge is -2.21. The van der Waals surface area contributed by atoms with Gasteiger partial charge in [-0.15, -0.1) is 0 Å². The van der Waals surface area contributed by atoms with Crippen molar-refractivity contribution >= 4 is 40.7 Å². The summed E-state index contributed by atoms with van der Waals surface area (Å²) in [6.07, 6.45) is 0. The predicted octanol–water partition coefficient (Wildman–Crippen LogP) is 1.74. The predicted molar refractivity (Wildman–Crippen MR) is 76.4 cm³/mol. The third kappa shape index (κ3) is 4.70. The van der Waals surface area contributed by atoms with Crippen molar-refractivity contribution in [1.29, 1.82) is 0 Å². The van der Waals surface area contributed by atoms with E-state index in [1.165, 1.54) is 0 Å². The highest BCUT2D eigenvalue weighted by atomic mass is 35.5. The maximum absolute atomic E-state index is 11.8. The Balaban J connectivity index is 2.60. The van der Waals surface area contributed by atoms with Crippen LogP contribution in [0.2, 0.25) is 10.0 Å². The number of hydrogen-bond acceptors (Lipinski definition) is 3. The minimum Gasteiger partial charge on any atom is -0.368 e. The molecule has 0 aliphatic rings. The molecule has 0 spiro atoms. The summed E-state index contributed by atoms with van der Waals surface area (Å²) < 4.78 is 0. The maximum Gasteiger partial charge on any atom is 0.238 e. The maximum atomic E-state index is 11.8. The van der Waals surface area contributed by atoms with E-state index in [0.717, 1.165) is 0 Å². The molecule has 0 aromatic heterocycles. The number of hydrogen-bond donors (Lipinski definition) is 2. The minimum atomic E-state index is -0.514. The van der Waals surface area contributed by atoms with Crippen LogP contribution < -0.4 is 11.1 Å². The standard InChI is InChI=1S/C12H15Cl2N3O2/c1-7(12(15)19)17(2)6-11(18)16-8-3-4-9(13)10(14)5-8/h3-5,7H,6H2,1-2H3,(H2,15,19)(H,16,18). The molecule has 104 valence electrons. The molecule has 0 bridgehead atoms. The van der Waals surface area contributed by atoms with Gasteiger partial charge in [0.15, 0.2) is 0 Å². The van der Waals surface area contributed by atoms with E-state index in [1.54, 1.807) is 37.1 Å². The average molecular weight is 304 g/mol. The first-order valence-corrected chi connectivity index (χ1v) is 6.31. The van der Waals surface area contributed by atoms with E-state index < -0.39 is 11.9 Å². The van der Waals surface area contributed by atoms with Crippen LogP contribution >= 0.6 is 23.2 Å². The van der Waals surface area contributed by atoms with Crippen LogP contribution in [-0.2, 0) is 9.59 Å². The molecule has 0 radical (unpaired) electrons. The summed E-state index contributed by atoms with van der Waals surface area (Å²) >= 11 is 11.6. The molecule has 1 aromatic rings. The van der Waals surface area contributed by atoms with Crippen molar-refractivity contribution in [1.82, 2.24) is 4.90 Å². The summed E-state index contributed by atoms with van der Waals surface area (Å²) in [6, 6.07) is 4.28. The van der Waals surface area contributed by atoms with Gasteiger partial charge in [0, 0.05) is 5.69 Å². The number of anilines is 1. The van der Waals surface area contributed by atoms with Crippen molar-refractivity contribution in [2.24, 2.45) is 5.73 Å². The molecule has 19 heavy (non-hydrogen) atoms.